The van der Waals surface area contributed by atoms with Crippen LogP contribution in [-0.2, 0) is 10.0 Å². The fraction of sp³-hybridized carbons (Fsp3) is 0.455. The summed E-state index contributed by atoms with van der Waals surface area (Å²) in [5, 5.41) is -0.306. The Bertz CT molecular complexity index is 532. The zero-order valence-electron chi connectivity index (χ0n) is 10.2. The monoisotopic (exact) mass is 294 g/mol. The zero-order valence-corrected chi connectivity index (χ0v) is 11.8. The molecule has 0 aliphatic heterocycles. The summed E-state index contributed by atoms with van der Waals surface area (Å²) in [6.07, 6.45) is 0.664. The molecule has 1 aromatic carbocycles. The van der Waals surface area contributed by atoms with Gasteiger partial charge in [0.05, 0.1) is 5.02 Å². The van der Waals surface area contributed by atoms with Crippen LogP contribution < -0.4 is 10.5 Å². The van der Waals surface area contributed by atoms with E-state index in [9.17, 15) is 12.8 Å². The van der Waals surface area contributed by atoms with E-state index in [1.165, 1.54) is 6.07 Å². The third-order valence-corrected chi connectivity index (χ3v) is 4.06. The molecule has 0 heterocycles. The number of nitrogens with two attached hydrogens (primary N) is 1. The van der Waals surface area contributed by atoms with Crippen molar-refractivity contribution >= 4 is 27.3 Å². The molecule has 102 valence electrons. The Morgan fingerprint density at radius 1 is 1.44 bits per heavy atom. The Labute approximate surface area is 111 Å². The fourth-order valence-electron chi connectivity index (χ4n) is 1.34. The van der Waals surface area contributed by atoms with Gasteiger partial charge in [-0.15, -0.1) is 0 Å². The van der Waals surface area contributed by atoms with E-state index in [0.29, 0.717) is 12.3 Å². The molecule has 0 aromatic heterocycles. The highest BCUT2D eigenvalue weighted by Gasteiger charge is 2.21. The summed E-state index contributed by atoms with van der Waals surface area (Å²) in [5.74, 6) is -0.634. The van der Waals surface area contributed by atoms with E-state index in [4.69, 9.17) is 17.3 Å². The van der Waals surface area contributed by atoms with E-state index in [2.05, 4.69) is 4.72 Å². The van der Waals surface area contributed by atoms with Gasteiger partial charge in [-0.3, -0.25) is 0 Å². The molecular formula is C11H16ClFN2O2S. The summed E-state index contributed by atoms with van der Waals surface area (Å²) >= 11 is 5.56. The lowest BCUT2D eigenvalue weighted by molar-refractivity contribution is 0.540. The molecule has 1 aromatic rings. The number of hydrogen-bond acceptors (Lipinski definition) is 3. The largest absolute Gasteiger partial charge is 0.399 e. The number of hydrogen-bond donors (Lipinski definition) is 2. The van der Waals surface area contributed by atoms with Crippen molar-refractivity contribution in [2.45, 2.75) is 25.2 Å². The fourth-order valence-corrected chi connectivity index (χ4v) is 2.80. The predicted octanol–water partition coefficient (Wildman–Crippen LogP) is 2.39. The van der Waals surface area contributed by atoms with Crippen LogP contribution in [0.3, 0.4) is 0 Å². The molecule has 7 heteroatoms. The normalized spacial score (nSPS) is 12.1. The first-order valence-electron chi connectivity index (χ1n) is 5.48. The first-order chi connectivity index (χ1) is 8.24. The van der Waals surface area contributed by atoms with Gasteiger partial charge >= 0.3 is 0 Å². The summed E-state index contributed by atoms with van der Waals surface area (Å²) in [6.45, 7) is 4.17. The predicted molar refractivity (Wildman–Crippen MR) is 70.5 cm³/mol. The van der Waals surface area contributed by atoms with E-state index in [1.54, 1.807) is 0 Å². The SMILES string of the molecule is CC(C)CCNS(=O)(=O)c1cc(N)cc(Cl)c1F. The second-order valence-corrected chi connectivity index (χ2v) is 6.54. The van der Waals surface area contributed by atoms with Crippen LogP contribution in [0.25, 0.3) is 0 Å². The maximum absolute atomic E-state index is 13.7. The van der Waals surface area contributed by atoms with Crippen molar-refractivity contribution < 1.29 is 12.8 Å². The maximum Gasteiger partial charge on any atom is 0.243 e. The molecule has 0 atom stereocenters. The molecule has 0 amide bonds. The van der Waals surface area contributed by atoms with Crippen LogP contribution in [0.1, 0.15) is 20.3 Å². The van der Waals surface area contributed by atoms with Gasteiger partial charge < -0.3 is 5.73 Å². The number of nitrogen functional groups attached to an aromatic ring is 1. The molecule has 0 aliphatic carbocycles. The summed E-state index contributed by atoms with van der Waals surface area (Å²) in [7, 11) is -3.92. The van der Waals surface area contributed by atoms with E-state index in [0.717, 1.165) is 6.07 Å². The molecule has 0 spiro atoms. The minimum Gasteiger partial charge on any atom is -0.399 e. The van der Waals surface area contributed by atoms with Crippen molar-refractivity contribution in [2.24, 2.45) is 5.92 Å². The summed E-state index contributed by atoms with van der Waals surface area (Å²) in [4.78, 5) is -0.517. The van der Waals surface area contributed by atoms with Gasteiger partial charge in [0.15, 0.2) is 5.82 Å². The number of sulfonamides is 1. The first kappa shape index (κ1) is 15.2. The maximum atomic E-state index is 13.7. The Morgan fingerprint density at radius 3 is 2.61 bits per heavy atom. The average molecular weight is 295 g/mol. The molecule has 0 bridgehead atoms. The topological polar surface area (TPSA) is 72.2 Å². The number of halogens is 2. The van der Waals surface area contributed by atoms with Crippen molar-refractivity contribution in [3.8, 4) is 0 Å². The number of benzene rings is 1. The van der Waals surface area contributed by atoms with Crippen molar-refractivity contribution in [2.75, 3.05) is 12.3 Å². The average Bonchev–Trinajstić information content (AvgIpc) is 2.22. The molecule has 4 nitrogen and oxygen atoms in total. The van der Waals surface area contributed by atoms with Crippen LogP contribution in [0.2, 0.25) is 5.02 Å². The smallest absolute Gasteiger partial charge is 0.243 e. The first-order valence-corrected chi connectivity index (χ1v) is 7.34. The standard InChI is InChI=1S/C11H16ClFN2O2S/c1-7(2)3-4-15-18(16,17)10-6-8(14)5-9(12)11(10)13/h5-7,15H,3-4,14H2,1-2H3. The van der Waals surface area contributed by atoms with Crippen molar-refractivity contribution in [1.29, 1.82) is 0 Å². The van der Waals surface area contributed by atoms with Gasteiger partial charge in [0.25, 0.3) is 0 Å². The van der Waals surface area contributed by atoms with Crippen LogP contribution in [-0.4, -0.2) is 15.0 Å². The van der Waals surface area contributed by atoms with Gasteiger partial charge in [-0.1, -0.05) is 25.4 Å². The Morgan fingerprint density at radius 2 is 2.06 bits per heavy atom. The van der Waals surface area contributed by atoms with E-state index >= 15 is 0 Å². The van der Waals surface area contributed by atoms with Gasteiger partial charge in [-0.25, -0.2) is 17.5 Å². The molecule has 0 radical (unpaired) electrons. The van der Waals surface area contributed by atoms with Gasteiger partial charge in [-0.2, -0.15) is 0 Å². The molecular weight excluding hydrogens is 279 g/mol. The van der Waals surface area contributed by atoms with E-state index < -0.39 is 20.7 Å². The molecule has 0 fully saturated rings. The second-order valence-electron chi connectivity index (χ2n) is 4.40. The molecule has 0 saturated heterocycles. The Hall–Kier alpha value is -0.850. The van der Waals surface area contributed by atoms with Crippen molar-refractivity contribution in [3.05, 3.63) is 23.0 Å². The third-order valence-electron chi connectivity index (χ3n) is 2.32. The van der Waals surface area contributed by atoms with Crippen LogP contribution >= 0.6 is 11.6 Å². The van der Waals surface area contributed by atoms with Crippen LogP contribution in [0.5, 0.6) is 0 Å². The summed E-state index contributed by atoms with van der Waals surface area (Å²) in [5.41, 5.74) is 5.56. The molecule has 0 saturated carbocycles. The van der Waals surface area contributed by atoms with Crippen LogP contribution in [0.4, 0.5) is 10.1 Å². The van der Waals surface area contributed by atoms with Crippen LogP contribution in [0, 0.1) is 11.7 Å². The highest BCUT2D eigenvalue weighted by atomic mass is 35.5. The van der Waals surface area contributed by atoms with Gasteiger partial charge in [0, 0.05) is 12.2 Å². The van der Waals surface area contributed by atoms with Gasteiger partial charge in [0.2, 0.25) is 10.0 Å². The molecule has 0 unspecified atom stereocenters. The van der Waals surface area contributed by atoms with Crippen LogP contribution in [0.15, 0.2) is 17.0 Å². The molecule has 18 heavy (non-hydrogen) atoms. The quantitative estimate of drug-likeness (QED) is 0.819. The van der Waals surface area contributed by atoms with Gasteiger partial charge in [-0.05, 0) is 24.5 Å². The van der Waals surface area contributed by atoms with E-state index in [1.807, 2.05) is 13.8 Å². The lowest BCUT2D eigenvalue weighted by atomic mass is 10.1. The highest BCUT2D eigenvalue weighted by molar-refractivity contribution is 7.89. The van der Waals surface area contributed by atoms with Crippen molar-refractivity contribution in [1.82, 2.24) is 4.72 Å². The minimum atomic E-state index is -3.92. The lowest BCUT2D eigenvalue weighted by Gasteiger charge is -2.10. The third kappa shape index (κ3) is 3.83. The van der Waals surface area contributed by atoms with E-state index in [-0.39, 0.29) is 17.3 Å². The lowest BCUT2D eigenvalue weighted by Crippen LogP contribution is -2.26. The summed E-state index contributed by atoms with van der Waals surface area (Å²) in [6, 6.07) is 2.23. The molecule has 0 aliphatic rings. The van der Waals surface area contributed by atoms with Crippen molar-refractivity contribution in [3.63, 3.8) is 0 Å². The number of anilines is 1. The van der Waals surface area contributed by atoms with Gasteiger partial charge in [0.1, 0.15) is 4.90 Å². The second kappa shape index (κ2) is 5.86. The number of rotatable bonds is 5. The number of nitrogens with one attached hydrogen (secondary N) is 1. The summed E-state index contributed by atoms with van der Waals surface area (Å²) < 4.78 is 39.7. The molecule has 1 rings (SSSR count). The Kier molecular flexibility index (Phi) is 4.95. The highest BCUT2D eigenvalue weighted by Crippen LogP contribution is 2.25. The Balaban J connectivity index is 2.98. The zero-order chi connectivity index (χ0) is 13.9. The minimum absolute atomic E-state index is 0.102. The molecule has 3 N–H and O–H groups in total.